The highest BCUT2D eigenvalue weighted by Gasteiger charge is 2.21. The smallest absolute Gasteiger partial charge is 0.257 e. The molecular weight excluding hydrogens is 402 g/mol. The van der Waals surface area contributed by atoms with E-state index in [0.29, 0.717) is 28.6 Å². The molecule has 4 rings (SSSR count). The highest BCUT2D eigenvalue weighted by Crippen LogP contribution is 2.38. The zero-order valence-electron chi connectivity index (χ0n) is 16.8. The van der Waals surface area contributed by atoms with Gasteiger partial charge in [0.1, 0.15) is 11.5 Å². The number of nitrogens with one attached hydrogen (secondary N) is 2. The van der Waals surface area contributed by atoms with Gasteiger partial charge in [-0.25, -0.2) is 0 Å². The summed E-state index contributed by atoms with van der Waals surface area (Å²) < 4.78 is 11.4. The van der Waals surface area contributed by atoms with Crippen LogP contribution in [-0.2, 0) is 6.42 Å². The molecular formula is C23H22ClN3O3. The fraction of sp³-hybridized carbons (Fsp3) is 0.217. The van der Waals surface area contributed by atoms with Crippen molar-refractivity contribution in [3.8, 4) is 11.5 Å². The molecule has 7 heteroatoms. The van der Waals surface area contributed by atoms with Crippen molar-refractivity contribution in [2.24, 2.45) is 0 Å². The fourth-order valence-corrected chi connectivity index (χ4v) is 3.61. The second kappa shape index (κ2) is 8.63. The maximum absolute atomic E-state index is 12.6. The van der Waals surface area contributed by atoms with Gasteiger partial charge in [-0.3, -0.25) is 9.78 Å². The number of pyridine rings is 1. The zero-order chi connectivity index (χ0) is 21.1. The van der Waals surface area contributed by atoms with Crippen molar-refractivity contribution in [2.45, 2.75) is 19.8 Å². The average Bonchev–Trinajstić information content (AvgIpc) is 2.86. The van der Waals surface area contributed by atoms with Crippen LogP contribution in [0.4, 0.5) is 17.1 Å². The summed E-state index contributed by atoms with van der Waals surface area (Å²) in [6, 6.07) is 12.8. The van der Waals surface area contributed by atoms with Gasteiger partial charge in [0.2, 0.25) is 0 Å². The normalized spacial score (nSPS) is 12.2. The Balaban J connectivity index is 1.51. The summed E-state index contributed by atoms with van der Waals surface area (Å²) in [5.41, 5.74) is 4.52. The largest absolute Gasteiger partial charge is 0.496 e. The van der Waals surface area contributed by atoms with E-state index < -0.39 is 0 Å². The van der Waals surface area contributed by atoms with Crippen LogP contribution in [0.15, 0.2) is 48.7 Å². The minimum absolute atomic E-state index is 0.181. The minimum Gasteiger partial charge on any atom is -0.496 e. The van der Waals surface area contributed by atoms with E-state index in [9.17, 15) is 4.79 Å². The Morgan fingerprint density at radius 3 is 2.67 bits per heavy atom. The summed E-state index contributed by atoms with van der Waals surface area (Å²) in [6.07, 6.45) is 3.28. The first kappa shape index (κ1) is 20.0. The predicted octanol–water partition coefficient (Wildman–Crippen LogP) is 5.37. The molecule has 3 aromatic rings. The predicted molar refractivity (Wildman–Crippen MR) is 118 cm³/mol. The van der Waals surface area contributed by atoms with Crippen LogP contribution in [0.5, 0.6) is 11.5 Å². The maximum Gasteiger partial charge on any atom is 0.257 e. The summed E-state index contributed by atoms with van der Waals surface area (Å²) >= 11 is 6.10. The molecule has 0 spiro atoms. The molecule has 0 saturated heterocycles. The first-order valence-electron chi connectivity index (χ1n) is 9.68. The summed E-state index contributed by atoms with van der Waals surface area (Å²) in [6.45, 7) is 2.48. The number of carbonyl (C=O) groups is 1. The van der Waals surface area contributed by atoms with Crippen molar-refractivity contribution < 1.29 is 14.3 Å². The fourth-order valence-electron chi connectivity index (χ4n) is 3.44. The van der Waals surface area contributed by atoms with Gasteiger partial charge in [-0.1, -0.05) is 11.6 Å². The third-order valence-corrected chi connectivity index (χ3v) is 5.21. The molecule has 0 atom stereocenters. The number of aryl methyl sites for hydroxylation is 2. The molecule has 30 heavy (non-hydrogen) atoms. The third kappa shape index (κ3) is 4.19. The van der Waals surface area contributed by atoms with Gasteiger partial charge in [0.25, 0.3) is 5.91 Å². The van der Waals surface area contributed by atoms with E-state index in [2.05, 4.69) is 15.6 Å². The van der Waals surface area contributed by atoms with Gasteiger partial charge in [-0.15, -0.1) is 0 Å². The van der Waals surface area contributed by atoms with E-state index in [0.717, 1.165) is 41.3 Å². The molecule has 1 aliphatic heterocycles. The zero-order valence-corrected chi connectivity index (χ0v) is 17.5. The van der Waals surface area contributed by atoms with Crippen LogP contribution in [0.2, 0.25) is 5.02 Å². The molecule has 0 radical (unpaired) electrons. The number of nitrogens with zero attached hydrogens (tertiary/aromatic N) is 1. The molecule has 0 bridgehead atoms. The molecule has 154 valence electrons. The monoisotopic (exact) mass is 423 g/mol. The third-order valence-electron chi connectivity index (χ3n) is 4.97. The van der Waals surface area contributed by atoms with E-state index in [1.807, 2.05) is 31.2 Å². The van der Waals surface area contributed by atoms with E-state index in [-0.39, 0.29) is 5.91 Å². The molecule has 2 N–H and O–H groups in total. The lowest BCUT2D eigenvalue weighted by Crippen LogP contribution is -2.11. The standard InChI is InChI=1S/C23H22ClN3O3/c1-14-21(6-3-9-25-14)30-10-4-5-15-11-19-20(13-22(15)29-2)26-18-12-16(24)7-8-17(18)23(28)27-19/h3,6-9,11-13,26H,4-5,10H2,1-2H3,(H,27,28). The highest BCUT2D eigenvalue weighted by molar-refractivity contribution is 6.31. The van der Waals surface area contributed by atoms with Crippen LogP contribution in [0, 0.1) is 6.92 Å². The van der Waals surface area contributed by atoms with E-state index in [4.69, 9.17) is 21.1 Å². The van der Waals surface area contributed by atoms with Crippen LogP contribution in [0.1, 0.15) is 28.0 Å². The van der Waals surface area contributed by atoms with Crippen LogP contribution in [0.25, 0.3) is 0 Å². The molecule has 0 saturated carbocycles. The van der Waals surface area contributed by atoms with Gasteiger partial charge in [-0.05, 0) is 61.7 Å². The van der Waals surface area contributed by atoms with Gasteiger partial charge in [-0.2, -0.15) is 0 Å². The lowest BCUT2D eigenvalue weighted by atomic mass is 10.1. The molecule has 2 aromatic carbocycles. The van der Waals surface area contributed by atoms with Crippen LogP contribution < -0.4 is 20.1 Å². The van der Waals surface area contributed by atoms with Crippen molar-refractivity contribution in [3.05, 3.63) is 70.5 Å². The Bertz CT molecular complexity index is 1100. The maximum atomic E-state index is 12.6. The molecule has 6 nitrogen and oxygen atoms in total. The summed E-state index contributed by atoms with van der Waals surface area (Å²) in [5.74, 6) is 1.36. The van der Waals surface area contributed by atoms with Crippen molar-refractivity contribution in [1.29, 1.82) is 0 Å². The number of anilines is 3. The molecule has 0 fully saturated rings. The average molecular weight is 424 g/mol. The van der Waals surface area contributed by atoms with Crippen LogP contribution in [0.3, 0.4) is 0 Å². The Hall–Kier alpha value is -3.25. The number of benzene rings is 2. The van der Waals surface area contributed by atoms with Gasteiger partial charge in [0, 0.05) is 17.3 Å². The quantitative estimate of drug-likeness (QED) is 0.521. The van der Waals surface area contributed by atoms with E-state index >= 15 is 0 Å². The number of fused-ring (bicyclic) bond motifs is 2. The van der Waals surface area contributed by atoms with Crippen molar-refractivity contribution in [2.75, 3.05) is 24.4 Å². The SMILES string of the molecule is COc1cc2c(cc1CCCOc1cccnc1C)NC(=O)c1ccc(Cl)cc1N2. The lowest BCUT2D eigenvalue weighted by molar-refractivity contribution is 0.102. The Morgan fingerprint density at radius 1 is 1.03 bits per heavy atom. The van der Waals surface area contributed by atoms with Gasteiger partial charge >= 0.3 is 0 Å². The van der Waals surface area contributed by atoms with Crippen molar-refractivity contribution in [3.63, 3.8) is 0 Å². The first-order chi connectivity index (χ1) is 14.5. The van der Waals surface area contributed by atoms with E-state index in [1.54, 1.807) is 31.5 Å². The van der Waals surface area contributed by atoms with Gasteiger partial charge < -0.3 is 20.1 Å². The van der Waals surface area contributed by atoms with E-state index in [1.165, 1.54) is 0 Å². The second-order valence-corrected chi connectivity index (χ2v) is 7.45. The topological polar surface area (TPSA) is 72.5 Å². The lowest BCUT2D eigenvalue weighted by Gasteiger charge is -2.15. The number of amides is 1. The molecule has 2 heterocycles. The second-order valence-electron chi connectivity index (χ2n) is 7.02. The first-order valence-corrected chi connectivity index (χ1v) is 10.1. The number of rotatable bonds is 6. The Kier molecular flexibility index (Phi) is 5.77. The summed E-state index contributed by atoms with van der Waals surface area (Å²) in [5, 5.41) is 6.83. The number of ether oxygens (including phenoxy) is 2. The van der Waals surface area contributed by atoms with Crippen molar-refractivity contribution >= 4 is 34.6 Å². The Morgan fingerprint density at radius 2 is 1.87 bits per heavy atom. The summed E-state index contributed by atoms with van der Waals surface area (Å²) in [7, 11) is 1.64. The van der Waals surface area contributed by atoms with Crippen LogP contribution in [-0.4, -0.2) is 24.6 Å². The molecule has 1 aliphatic rings. The number of carbonyl (C=O) groups excluding carboxylic acids is 1. The number of halogens is 1. The molecule has 0 aliphatic carbocycles. The Labute approximate surface area is 180 Å². The number of methoxy groups -OCH3 is 1. The molecule has 0 unspecified atom stereocenters. The molecule has 1 aromatic heterocycles. The van der Waals surface area contributed by atoms with Gasteiger partial charge in [0.05, 0.1) is 42.0 Å². The summed E-state index contributed by atoms with van der Waals surface area (Å²) in [4.78, 5) is 16.9. The van der Waals surface area contributed by atoms with Crippen LogP contribution >= 0.6 is 11.6 Å². The number of hydrogen-bond acceptors (Lipinski definition) is 5. The number of aromatic nitrogens is 1. The number of hydrogen-bond donors (Lipinski definition) is 2. The van der Waals surface area contributed by atoms with Crippen molar-refractivity contribution in [1.82, 2.24) is 4.98 Å². The minimum atomic E-state index is -0.181. The molecule has 1 amide bonds. The highest BCUT2D eigenvalue weighted by atomic mass is 35.5. The van der Waals surface area contributed by atoms with Gasteiger partial charge in [0.15, 0.2) is 0 Å².